The largest absolute Gasteiger partial charge is 0.305 e. The molecule has 2 N–H and O–H groups in total. The number of hydrogen-bond donors (Lipinski definition) is 2. The van der Waals surface area contributed by atoms with Crippen molar-refractivity contribution in [2.24, 2.45) is 0 Å². The maximum absolute atomic E-state index is 3.22. The van der Waals surface area contributed by atoms with Crippen LogP contribution in [0.15, 0.2) is 0 Å². The predicted octanol–water partition coefficient (Wildman–Crippen LogP) is 0.924. The minimum Gasteiger partial charge on any atom is -0.305 e. The highest BCUT2D eigenvalue weighted by Crippen LogP contribution is 1.89. The lowest BCUT2D eigenvalue weighted by molar-refractivity contribution is 0.606. The van der Waals surface area contributed by atoms with Crippen molar-refractivity contribution in [2.75, 3.05) is 13.2 Å². The van der Waals surface area contributed by atoms with Gasteiger partial charge < -0.3 is 5.32 Å². The first-order chi connectivity index (χ1) is 3.77. The average molecular weight is 228 g/mol. The summed E-state index contributed by atoms with van der Waals surface area (Å²) in [6.45, 7) is 6.18. The Balaban J connectivity index is 2.72. The molecular weight excluding hydrogens is 215 g/mol. The summed E-state index contributed by atoms with van der Waals surface area (Å²) in [7, 11) is 0. The zero-order valence-electron chi connectivity index (χ0n) is 5.37. The third-order valence-corrected chi connectivity index (χ3v) is 1.20. The van der Waals surface area contributed by atoms with Gasteiger partial charge in [0.05, 0.1) is 4.05 Å². The first kappa shape index (κ1) is 8.65. The van der Waals surface area contributed by atoms with Crippen LogP contribution in [0.1, 0.15) is 13.8 Å². The molecule has 0 amide bonds. The maximum Gasteiger partial charge on any atom is 0.0574 e. The summed E-state index contributed by atoms with van der Waals surface area (Å²) in [6, 6.07) is 0. The number of nitrogens with one attached hydrogen (secondary N) is 2. The molecule has 2 nitrogen and oxygen atoms in total. The second kappa shape index (κ2) is 5.78. The molecule has 0 heterocycles. The summed E-state index contributed by atoms with van der Waals surface area (Å²) in [4.78, 5) is 0. The lowest BCUT2D eigenvalue weighted by Crippen LogP contribution is -2.31. The van der Waals surface area contributed by atoms with Crippen molar-refractivity contribution < 1.29 is 0 Å². The molecule has 0 aliphatic heterocycles. The van der Waals surface area contributed by atoms with E-state index in [0.29, 0.717) is 4.05 Å². The van der Waals surface area contributed by atoms with Crippen LogP contribution in [0.4, 0.5) is 0 Å². The summed E-state index contributed by atoms with van der Waals surface area (Å²) in [5.74, 6) is 0. The molecule has 0 saturated heterocycles. The Morgan fingerprint density at radius 3 is 2.62 bits per heavy atom. The van der Waals surface area contributed by atoms with Gasteiger partial charge in [0.1, 0.15) is 0 Å². The fourth-order valence-corrected chi connectivity index (χ4v) is 0.558. The van der Waals surface area contributed by atoms with Crippen LogP contribution in [0.3, 0.4) is 0 Å². The molecule has 0 aromatic rings. The van der Waals surface area contributed by atoms with Gasteiger partial charge in [0, 0.05) is 6.67 Å². The SMILES string of the molecule is CCNCNC(C)I. The number of rotatable bonds is 4. The van der Waals surface area contributed by atoms with Gasteiger partial charge >= 0.3 is 0 Å². The van der Waals surface area contributed by atoms with Crippen molar-refractivity contribution in [3.05, 3.63) is 0 Å². The third-order valence-electron chi connectivity index (χ3n) is 0.758. The quantitative estimate of drug-likeness (QED) is 0.246. The van der Waals surface area contributed by atoms with Crippen LogP contribution >= 0.6 is 22.6 Å². The molecule has 0 spiro atoms. The van der Waals surface area contributed by atoms with E-state index < -0.39 is 0 Å². The van der Waals surface area contributed by atoms with Crippen LogP contribution in [0.2, 0.25) is 0 Å². The molecule has 0 aromatic heterocycles. The van der Waals surface area contributed by atoms with Crippen LogP contribution in [0, 0.1) is 0 Å². The van der Waals surface area contributed by atoms with Crippen molar-refractivity contribution in [2.45, 2.75) is 17.9 Å². The summed E-state index contributed by atoms with van der Waals surface area (Å²) in [5, 5.41) is 6.39. The monoisotopic (exact) mass is 228 g/mol. The van der Waals surface area contributed by atoms with Gasteiger partial charge in [-0.15, -0.1) is 0 Å². The molecule has 0 saturated carbocycles. The van der Waals surface area contributed by atoms with E-state index in [1.54, 1.807) is 0 Å². The fraction of sp³-hybridized carbons (Fsp3) is 1.00. The smallest absolute Gasteiger partial charge is 0.0574 e. The molecule has 0 bridgehead atoms. The second-order valence-electron chi connectivity index (χ2n) is 1.60. The Morgan fingerprint density at radius 1 is 1.62 bits per heavy atom. The zero-order chi connectivity index (χ0) is 6.41. The van der Waals surface area contributed by atoms with E-state index in [2.05, 4.69) is 47.1 Å². The van der Waals surface area contributed by atoms with E-state index >= 15 is 0 Å². The molecule has 0 aromatic carbocycles. The van der Waals surface area contributed by atoms with E-state index in [-0.39, 0.29) is 0 Å². The van der Waals surface area contributed by atoms with Crippen LogP contribution in [-0.4, -0.2) is 17.3 Å². The number of halogens is 1. The highest BCUT2D eigenvalue weighted by atomic mass is 127. The van der Waals surface area contributed by atoms with Crippen molar-refractivity contribution in [3.63, 3.8) is 0 Å². The zero-order valence-corrected chi connectivity index (χ0v) is 7.53. The molecule has 3 heteroatoms. The van der Waals surface area contributed by atoms with E-state index in [0.717, 1.165) is 13.2 Å². The summed E-state index contributed by atoms with van der Waals surface area (Å²) in [5.41, 5.74) is 0. The van der Waals surface area contributed by atoms with Crippen molar-refractivity contribution in [1.82, 2.24) is 10.6 Å². The summed E-state index contributed by atoms with van der Waals surface area (Å²) in [6.07, 6.45) is 0. The van der Waals surface area contributed by atoms with Crippen LogP contribution in [0.5, 0.6) is 0 Å². The van der Waals surface area contributed by atoms with E-state index in [9.17, 15) is 0 Å². The van der Waals surface area contributed by atoms with E-state index in [1.807, 2.05) is 0 Å². The Hall–Kier alpha value is 0.650. The van der Waals surface area contributed by atoms with Gasteiger partial charge in [-0.1, -0.05) is 29.5 Å². The van der Waals surface area contributed by atoms with Crippen LogP contribution < -0.4 is 10.6 Å². The second-order valence-corrected chi connectivity index (χ2v) is 3.47. The average Bonchev–Trinajstić information content (AvgIpc) is 1.66. The lowest BCUT2D eigenvalue weighted by atomic mass is 10.7. The minimum atomic E-state index is 0.562. The molecule has 8 heavy (non-hydrogen) atoms. The van der Waals surface area contributed by atoms with Gasteiger partial charge in [-0.2, -0.15) is 0 Å². The molecule has 0 radical (unpaired) electrons. The van der Waals surface area contributed by atoms with Gasteiger partial charge in [-0.3, -0.25) is 5.32 Å². The molecule has 0 fully saturated rings. The summed E-state index contributed by atoms with van der Waals surface area (Å²) < 4.78 is 0.562. The van der Waals surface area contributed by atoms with Crippen molar-refractivity contribution in [3.8, 4) is 0 Å². The molecule has 0 aliphatic carbocycles. The molecule has 50 valence electrons. The van der Waals surface area contributed by atoms with Gasteiger partial charge in [0.25, 0.3) is 0 Å². The fourth-order valence-electron chi connectivity index (χ4n) is 0.338. The minimum absolute atomic E-state index is 0.562. The Labute approximate surface area is 64.6 Å². The van der Waals surface area contributed by atoms with Crippen molar-refractivity contribution in [1.29, 1.82) is 0 Å². The van der Waals surface area contributed by atoms with Gasteiger partial charge in [0.15, 0.2) is 0 Å². The van der Waals surface area contributed by atoms with Crippen LogP contribution in [0.25, 0.3) is 0 Å². The Kier molecular flexibility index (Phi) is 6.25. The number of alkyl halides is 1. The highest BCUT2D eigenvalue weighted by Gasteiger charge is 1.88. The highest BCUT2D eigenvalue weighted by molar-refractivity contribution is 14.1. The van der Waals surface area contributed by atoms with E-state index in [1.165, 1.54) is 0 Å². The first-order valence-corrected chi connectivity index (χ1v) is 4.10. The maximum atomic E-state index is 3.22. The third kappa shape index (κ3) is 6.65. The van der Waals surface area contributed by atoms with Crippen molar-refractivity contribution >= 4 is 22.6 Å². The Bertz CT molecular complexity index is 47.7. The van der Waals surface area contributed by atoms with Gasteiger partial charge in [-0.25, -0.2) is 0 Å². The van der Waals surface area contributed by atoms with Crippen LogP contribution in [-0.2, 0) is 0 Å². The lowest BCUT2D eigenvalue weighted by Gasteiger charge is -2.05. The standard InChI is InChI=1S/C5H13IN2/c1-3-7-4-8-5(2)6/h5,7-8H,3-4H2,1-2H3. The van der Waals surface area contributed by atoms with Gasteiger partial charge in [0.2, 0.25) is 0 Å². The molecule has 1 atom stereocenters. The molecular formula is C5H13IN2. The molecule has 0 rings (SSSR count). The molecule has 1 unspecified atom stereocenters. The Morgan fingerprint density at radius 2 is 2.25 bits per heavy atom. The van der Waals surface area contributed by atoms with E-state index in [4.69, 9.17) is 0 Å². The number of hydrogen-bond acceptors (Lipinski definition) is 2. The summed E-state index contributed by atoms with van der Waals surface area (Å²) >= 11 is 2.33. The van der Waals surface area contributed by atoms with Gasteiger partial charge in [-0.05, 0) is 13.5 Å². The topological polar surface area (TPSA) is 24.1 Å². The first-order valence-electron chi connectivity index (χ1n) is 2.85. The molecule has 0 aliphatic rings. The normalized spacial score (nSPS) is 13.9. The predicted molar refractivity (Wildman–Crippen MR) is 45.2 cm³/mol.